The SMILES string of the molecule is CC[C@@]1(O)C[C@H](OC2CC(N(C)C)C(OC3CC4OC5CC(=O)C(C)OC5OC4CO3)C(C)O2)c2c(cc3c(c2O)C(=O)c2c(O)ccc(O)c2C3=O)[C@H]1C(=O)OC. The van der Waals surface area contributed by atoms with Crippen LogP contribution in [0.25, 0.3) is 0 Å². The number of phenolic OH excluding ortho intramolecular Hbond substituents is 3. The fraction of sp³-hybridized carbons (Fsp3) is 0.610. The lowest BCUT2D eigenvalue weighted by Gasteiger charge is -2.49. The van der Waals surface area contributed by atoms with Crippen LogP contribution in [0.3, 0.4) is 0 Å². The summed E-state index contributed by atoms with van der Waals surface area (Å²) in [4.78, 5) is 55.6. The predicted molar refractivity (Wildman–Crippen MR) is 196 cm³/mol. The van der Waals surface area contributed by atoms with E-state index in [1.807, 2.05) is 25.9 Å². The molecule has 10 unspecified atom stereocenters. The number of esters is 1. The number of nitrogens with zero attached hydrogens (tertiary/aromatic N) is 1. The largest absolute Gasteiger partial charge is 0.507 e. The lowest BCUT2D eigenvalue weighted by Crippen LogP contribution is -2.60. The normalized spacial score (nSPS) is 37.0. The number of hydrogen-bond donors (Lipinski definition) is 4. The van der Waals surface area contributed by atoms with Crippen LogP contribution in [0.5, 0.6) is 17.2 Å². The molecule has 4 fully saturated rings. The molecule has 0 saturated carbocycles. The number of benzene rings is 2. The predicted octanol–water partition coefficient (Wildman–Crippen LogP) is 2.49. The number of aliphatic hydroxyl groups is 1. The van der Waals surface area contributed by atoms with Crippen molar-refractivity contribution >= 4 is 23.3 Å². The first kappa shape index (κ1) is 40.7. The van der Waals surface area contributed by atoms with E-state index in [-0.39, 0.29) is 66.9 Å². The van der Waals surface area contributed by atoms with Crippen LogP contribution in [-0.2, 0) is 47.5 Å². The number of phenols is 3. The number of Topliss-reactive ketones (excluding diaryl/α,β-unsaturated/α-hetero) is 1. The van der Waals surface area contributed by atoms with E-state index in [0.717, 1.165) is 19.2 Å². The van der Waals surface area contributed by atoms with Gasteiger partial charge in [-0.2, -0.15) is 0 Å². The summed E-state index contributed by atoms with van der Waals surface area (Å²) >= 11 is 0. The Hall–Kier alpha value is -4.04. The minimum atomic E-state index is -1.80. The summed E-state index contributed by atoms with van der Waals surface area (Å²) in [6, 6.07) is 3.08. The fourth-order valence-electron chi connectivity index (χ4n) is 9.46. The highest BCUT2D eigenvalue weighted by atomic mass is 16.8. The molecule has 4 aliphatic heterocycles. The molecule has 2 aliphatic carbocycles. The van der Waals surface area contributed by atoms with E-state index in [2.05, 4.69) is 0 Å². The maximum absolute atomic E-state index is 14.0. The minimum Gasteiger partial charge on any atom is -0.507 e. The molecule has 58 heavy (non-hydrogen) atoms. The fourth-order valence-corrected chi connectivity index (χ4v) is 9.46. The molecule has 0 radical (unpaired) electrons. The van der Waals surface area contributed by atoms with Gasteiger partial charge in [-0.15, -0.1) is 0 Å². The number of hydrogen-bond acceptors (Lipinski definition) is 17. The van der Waals surface area contributed by atoms with Crippen molar-refractivity contribution in [2.24, 2.45) is 0 Å². The zero-order valence-electron chi connectivity index (χ0n) is 33.0. The summed E-state index contributed by atoms with van der Waals surface area (Å²) in [7, 11) is 4.91. The highest BCUT2D eigenvalue weighted by Crippen LogP contribution is 2.54. The van der Waals surface area contributed by atoms with Gasteiger partial charge in [0.1, 0.15) is 47.6 Å². The molecular weight excluding hydrogens is 762 g/mol. The molecule has 2 aromatic rings. The van der Waals surface area contributed by atoms with Crippen LogP contribution in [0, 0.1) is 0 Å². The van der Waals surface area contributed by atoms with E-state index in [9.17, 15) is 39.6 Å². The second kappa shape index (κ2) is 15.2. The number of ether oxygens (including phenoxy) is 8. The van der Waals surface area contributed by atoms with Crippen LogP contribution >= 0.6 is 0 Å². The van der Waals surface area contributed by atoms with Crippen LogP contribution in [0.15, 0.2) is 18.2 Å². The molecule has 17 nitrogen and oxygen atoms in total. The van der Waals surface area contributed by atoms with E-state index in [4.69, 9.17) is 37.9 Å². The number of likely N-dealkylation sites (N-methyl/N-ethyl adjacent to an activating group) is 1. The number of aromatic hydroxyl groups is 3. The van der Waals surface area contributed by atoms with Crippen LogP contribution < -0.4 is 0 Å². The van der Waals surface area contributed by atoms with E-state index >= 15 is 0 Å². The maximum atomic E-state index is 14.0. The minimum absolute atomic E-state index is 0.00817. The van der Waals surface area contributed by atoms with E-state index in [1.54, 1.807) is 13.8 Å². The third-order valence-corrected chi connectivity index (χ3v) is 12.6. The topological polar surface area (TPSA) is 226 Å². The second-order valence-corrected chi connectivity index (χ2v) is 16.2. The first-order valence-electron chi connectivity index (χ1n) is 19.6. The average molecular weight is 812 g/mol. The Morgan fingerprint density at radius 1 is 0.897 bits per heavy atom. The van der Waals surface area contributed by atoms with Crippen LogP contribution in [-0.4, -0.2) is 144 Å². The van der Waals surface area contributed by atoms with Crippen molar-refractivity contribution in [2.45, 2.75) is 132 Å². The monoisotopic (exact) mass is 811 g/mol. The standard InChI is InChI=1S/C41H49NO16/c1-7-41(50)14-26(30-18(34(41)39(49)51-6)10-19-31(36(30)47)37(48)33-22(44)9-8-21(43)32(33)35(19)46)56-29-11-20(42(4)5)38(17(3)53-29)58-28-13-24-27(15-52-28)57-40-25(55-24)12-23(45)16(2)54-40/h8-10,16-17,20,24-29,34,38,40,43-44,47,50H,7,11-15H2,1-6H3/t16?,17?,20?,24?,25?,26-,27?,28?,29?,34-,38?,40?,41+/m0/s1. The van der Waals surface area contributed by atoms with Crippen LogP contribution in [0.2, 0.25) is 0 Å². The Balaban J connectivity index is 1.06. The third kappa shape index (κ3) is 6.70. The zero-order chi connectivity index (χ0) is 41.5. The summed E-state index contributed by atoms with van der Waals surface area (Å²) in [5.41, 5.74) is -3.50. The Morgan fingerprint density at radius 3 is 2.28 bits per heavy atom. The second-order valence-electron chi connectivity index (χ2n) is 16.2. The van der Waals surface area contributed by atoms with Gasteiger partial charge in [0.05, 0.1) is 54.3 Å². The maximum Gasteiger partial charge on any atom is 0.316 e. The van der Waals surface area contributed by atoms with Gasteiger partial charge in [0.15, 0.2) is 30.4 Å². The highest BCUT2D eigenvalue weighted by Gasteiger charge is 2.54. The van der Waals surface area contributed by atoms with Gasteiger partial charge in [0.25, 0.3) is 0 Å². The first-order valence-corrected chi connectivity index (χ1v) is 19.6. The average Bonchev–Trinajstić information content (AvgIpc) is 3.17. The first-order chi connectivity index (χ1) is 27.5. The smallest absolute Gasteiger partial charge is 0.316 e. The van der Waals surface area contributed by atoms with E-state index < -0.39 is 118 Å². The molecular formula is C41H49NO16. The molecule has 4 heterocycles. The van der Waals surface area contributed by atoms with Crippen LogP contribution in [0.1, 0.15) is 108 Å². The molecule has 8 rings (SSSR count). The zero-order valence-corrected chi connectivity index (χ0v) is 33.0. The molecule has 0 aromatic heterocycles. The molecule has 0 amide bonds. The van der Waals surface area contributed by atoms with Crippen molar-refractivity contribution in [2.75, 3.05) is 27.8 Å². The van der Waals surface area contributed by atoms with Gasteiger partial charge >= 0.3 is 5.97 Å². The summed E-state index contributed by atoms with van der Waals surface area (Å²) in [6.07, 6.45) is -5.89. The van der Waals surface area contributed by atoms with Crippen molar-refractivity contribution < 1.29 is 77.5 Å². The highest BCUT2D eigenvalue weighted by molar-refractivity contribution is 6.31. The Kier molecular flexibility index (Phi) is 10.7. The van der Waals surface area contributed by atoms with Gasteiger partial charge in [-0.1, -0.05) is 6.92 Å². The number of carbonyl (C=O) groups excluding carboxylic acids is 4. The molecule has 6 aliphatic rings. The Bertz CT molecular complexity index is 2020. The molecule has 13 atom stereocenters. The van der Waals surface area contributed by atoms with E-state index in [1.165, 1.54) is 6.07 Å². The number of ketones is 3. The molecule has 4 saturated heterocycles. The van der Waals surface area contributed by atoms with Crippen molar-refractivity contribution in [3.63, 3.8) is 0 Å². The summed E-state index contributed by atoms with van der Waals surface area (Å²) in [6.45, 7) is 5.38. The molecule has 2 aromatic carbocycles. The van der Waals surface area contributed by atoms with Crippen LogP contribution in [0.4, 0.5) is 0 Å². The van der Waals surface area contributed by atoms with Crippen molar-refractivity contribution in [1.82, 2.24) is 4.90 Å². The molecule has 4 N–H and O–H groups in total. The van der Waals surface area contributed by atoms with Gasteiger partial charge in [0, 0.05) is 42.9 Å². The molecule has 314 valence electrons. The van der Waals surface area contributed by atoms with E-state index in [0.29, 0.717) is 6.42 Å². The molecule has 0 spiro atoms. The summed E-state index contributed by atoms with van der Waals surface area (Å²) in [5, 5.41) is 45.3. The summed E-state index contributed by atoms with van der Waals surface area (Å²) in [5.74, 6) is -5.87. The number of methoxy groups -OCH3 is 1. The van der Waals surface area contributed by atoms with Crippen molar-refractivity contribution in [3.8, 4) is 17.2 Å². The Labute approximate surface area is 334 Å². The lowest BCUT2D eigenvalue weighted by atomic mass is 9.67. The Morgan fingerprint density at radius 2 is 1.60 bits per heavy atom. The van der Waals surface area contributed by atoms with Gasteiger partial charge in [0.2, 0.25) is 5.78 Å². The quantitative estimate of drug-likeness (QED) is 0.199. The van der Waals surface area contributed by atoms with Crippen molar-refractivity contribution in [1.29, 1.82) is 0 Å². The summed E-state index contributed by atoms with van der Waals surface area (Å²) < 4.78 is 48.9. The molecule has 17 heteroatoms. The lowest BCUT2D eigenvalue weighted by molar-refractivity contribution is -0.358. The number of rotatable bonds is 7. The third-order valence-electron chi connectivity index (χ3n) is 12.6. The van der Waals surface area contributed by atoms with Crippen molar-refractivity contribution in [3.05, 3.63) is 51.6 Å². The van der Waals surface area contributed by atoms with Gasteiger partial charge in [-0.05, 0) is 58.1 Å². The molecule has 0 bridgehead atoms. The number of carbonyl (C=O) groups is 4. The van der Waals surface area contributed by atoms with Gasteiger partial charge in [-0.3, -0.25) is 19.2 Å². The number of fused-ring (bicyclic) bond motifs is 5. The van der Waals surface area contributed by atoms with Gasteiger partial charge < -0.3 is 63.2 Å². The van der Waals surface area contributed by atoms with Gasteiger partial charge in [-0.25, -0.2) is 0 Å².